The topological polar surface area (TPSA) is 111 Å². The minimum Gasteiger partial charge on any atom is -0.361 e. The van der Waals surface area contributed by atoms with Crippen LogP contribution in [0.2, 0.25) is 5.02 Å². The van der Waals surface area contributed by atoms with Crippen LogP contribution in [0.3, 0.4) is 0 Å². The number of carbonyl (C=O) groups is 3. The number of halogens is 1. The predicted molar refractivity (Wildman–Crippen MR) is 104 cm³/mol. The van der Waals surface area contributed by atoms with Crippen molar-refractivity contribution in [1.29, 1.82) is 5.26 Å². The second kappa shape index (κ2) is 6.31. The van der Waals surface area contributed by atoms with Crippen molar-refractivity contribution in [1.82, 2.24) is 15.0 Å². The van der Waals surface area contributed by atoms with Crippen molar-refractivity contribution in [3.05, 3.63) is 45.8 Å². The highest BCUT2D eigenvalue weighted by Crippen LogP contribution is 2.44. The average Bonchev–Trinajstić information content (AvgIpc) is 3.48. The summed E-state index contributed by atoms with van der Waals surface area (Å²) in [4.78, 5) is 43.6. The molecule has 10 heteroatoms. The number of likely N-dealkylation sites (tertiary alicyclic amines) is 1. The third-order valence-electron chi connectivity index (χ3n) is 6.09. The summed E-state index contributed by atoms with van der Waals surface area (Å²) in [5.41, 5.74) is 1.30. The first-order chi connectivity index (χ1) is 14.3. The SMILES string of the molecule is Cc1cc(C(=O)N2C[C@H]3CC2[C@@H]2C(=O)N(c4ccc(C#N)c(Cl)c4C)C(=O)N32)no1. The number of fused-ring (bicyclic) bond motifs is 5. The Kier molecular flexibility index (Phi) is 3.92. The van der Waals surface area contributed by atoms with Gasteiger partial charge < -0.3 is 14.3 Å². The minimum absolute atomic E-state index is 0.190. The van der Waals surface area contributed by atoms with Gasteiger partial charge in [-0.05, 0) is 38.0 Å². The van der Waals surface area contributed by atoms with E-state index in [4.69, 9.17) is 21.4 Å². The van der Waals surface area contributed by atoms with E-state index >= 15 is 0 Å². The second-order valence-corrected chi connectivity index (χ2v) is 8.11. The molecule has 0 radical (unpaired) electrons. The van der Waals surface area contributed by atoms with Gasteiger partial charge in [-0.3, -0.25) is 9.59 Å². The Labute approximate surface area is 176 Å². The maximum atomic E-state index is 13.3. The summed E-state index contributed by atoms with van der Waals surface area (Å²) in [6.45, 7) is 3.70. The molecule has 0 N–H and O–H groups in total. The van der Waals surface area contributed by atoms with Crippen molar-refractivity contribution >= 4 is 35.1 Å². The maximum absolute atomic E-state index is 13.3. The number of benzene rings is 1. The highest BCUT2D eigenvalue weighted by Gasteiger charge is 2.63. The predicted octanol–water partition coefficient (Wildman–Crippen LogP) is 2.25. The molecule has 3 fully saturated rings. The van der Waals surface area contributed by atoms with Crippen LogP contribution in [-0.2, 0) is 4.79 Å². The van der Waals surface area contributed by atoms with Gasteiger partial charge >= 0.3 is 6.03 Å². The van der Waals surface area contributed by atoms with Gasteiger partial charge in [-0.2, -0.15) is 5.26 Å². The van der Waals surface area contributed by atoms with Crippen LogP contribution in [-0.4, -0.2) is 57.5 Å². The number of hydrogen-bond acceptors (Lipinski definition) is 6. The number of piperazine rings is 1. The monoisotopic (exact) mass is 425 g/mol. The van der Waals surface area contributed by atoms with E-state index in [-0.39, 0.29) is 28.2 Å². The van der Waals surface area contributed by atoms with E-state index in [0.29, 0.717) is 30.0 Å². The fourth-order valence-electron chi connectivity index (χ4n) is 4.73. The highest BCUT2D eigenvalue weighted by molar-refractivity contribution is 6.33. The van der Waals surface area contributed by atoms with Gasteiger partial charge in [0.15, 0.2) is 5.69 Å². The summed E-state index contributed by atoms with van der Waals surface area (Å²) in [5, 5.41) is 13.1. The summed E-state index contributed by atoms with van der Waals surface area (Å²) in [6, 6.07) is 4.76. The van der Waals surface area contributed by atoms with Gasteiger partial charge in [-0.15, -0.1) is 0 Å². The molecular weight excluding hydrogens is 410 g/mol. The zero-order valence-electron chi connectivity index (χ0n) is 16.1. The van der Waals surface area contributed by atoms with Crippen molar-refractivity contribution in [3.8, 4) is 6.07 Å². The number of anilines is 1. The van der Waals surface area contributed by atoms with Crippen LogP contribution < -0.4 is 4.90 Å². The van der Waals surface area contributed by atoms with Gasteiger partial charge in [0, 0.05) is 12.6 Å². The molecule has 9 nitrogen and oxygen atoms in total. The van der Waals surface area contributed by atoms with Crippen LogP contribution in [0.4, 0.5) is 10.5 Å². The summed E-state index contributed by atoms with van der Waals surface area (Å²) >= 11 is 6.24. The number of hydrogen-bond donors (Lipinski definition) is 0. The van der Waals surface area contributed by atoms with Gasteiger partial charge in [-0.25, -0.2) is 9.69 Å². The fraction of sp³-hybridized carbons (Fsp3) is 0.350. The Morgan fingerprint density at radius 1 is 1.33 bits per heavy atom. The zero-order valence-corrected chi connectivity index (χ0v) is 16.9. The normalized spacial score (nSPS) is 24.6. The van der Waals surface area contributed by atoms with E-state index in [1.807, 2.05) is 6.07 Å². The van der Waals surface area contributed by atoms with Gasteiger partial charge in [0.05, 0.1) is 28.4 Å². The van der Waals surface area contributed by atoms with Crippen LogP contribution in [0, 0.1) is 25.2 Å². The van der Waals surface area contributed by atoms with Crippen molar-refractivity contribution in [2.45, 2.75) is 38.4 Å². The van der Waals surface area contributed by atoms with E-state index < -0.39 is 24.0 Å². The van der Waals surface area contributed by atoms with Crippen LogP contribution in [0.5, 0.6) is 0 Å². The summed E-state index contributed by atoms with van der Waals surface area (Å²) in [6.07, 6.45) is 0.547. The van der Waals surface area contributed by atoms with Gasteiger partial charge in [-0.1, -0.05) is 16.8 Å². The first-order valence-corrected chi connectivity index (χ1v) is 9.81. The van der Waals surface area contributed by atoms with Gasteiger partial charge in [0.2, 0.25) is 0 Å². The van der Waals surface area contributed by atoms with Crippen LogP contribution in [0.15, 0.2) is 22.7 Å². The molecule has 0 saturated carbocycles. The molecule has 2 aromatic rings. The van der Waals surface area contributed by atoms with Crippen LogP contribution in [0.25, 0.3) is 0 Å². The van der Waals surface area contributed by atoms with E-state index in [9.17, 15) is 14.4 Å². The number of carbonyl (C=O) groups excluding carboxylic acids is 3. The number of nitrogens with zero attached hydrogens (tertiary/aromatic N) is 5. The van der Waals surface area contributed by atoms with Gasteiger partial charge in [0.25, 0.3) is 11.8 Å². The Balaban J connectivity index is 1.48. The smallest absolute Gasteiger partial charge is 0.332 e. The molecule has 3 aliphatic rings. The number of aromatic nitrogens is 1. The fourth-order valence-corrected chi connectivity index (χ4v) is 4.93. The first kappa shape index (κ1) is 18.6. The number of urea groups is 1. The molecule has 152 valence electrons. The average molecular weight is 426 g/mol. The van der Waals surface area contributed by atoms with Crippen LogP contribution in [0.1, 0.15) is 33.8 Å². The summed E-state index contributed by atoms with van der Waals surface area (Å²) < 4.78 is 5.00. The Morgan fingerprint density at radius 3 is 2.77 bits per heavy atom. The molecular formula is C20H16ClN5O4. The van der Waals surface area contributed by atoms with Crippen molar-refractivity contribution in [2.75, 3.05) is 11.4 Å². The van der Waals surface area contributed by atoms with Crippen LogP contribution >= 0.6 is 11.6 Å². The number of rotatable bonds is 2. The molecule has 1 unspecified atom stereocenters. The van der Waals surface area contributed by atoms with Crippen molar-refractivity contribution < 1.29 is 18.9 Å². The molecule has 4 amide bonds. The Hall–Kier alpha value is -3.38. The van der Waals surface area contributed by atoms with E-state index in [2.05, 4.69) is 5.16 Å². The molecule has 3 aliphatic heterocycles. The Morgan fingerprint density at radius 2 is 2.10 bits per heavy atom. The third-order valence-corrected chi connectivity index (χ3v) is 6.58. The summed E-state index contributed by atoms with van der Waals surface area (Å²) in [7, 11) is 0. The lowest BCUT2D eigenvalue weighted by atomic mass is 10.1. The molecule has 30 heavy (non-hydrogen) atoms. The number of amides is 4. The summed E-state index contributed by atoms with van der Waals surface area (Å²) in [5.74, 6) is -0.184. The lowest BCUT2D eigenvalue weighted by Gasteiger charge is -2.34. The maximum Gasteiger partial charge on any atom is 0.332 e. The first-order valence-electron chi connectivity index (χ1n) is 9.43. The van der Waals surface area contributed by atoms with E-state index in [1.165, 1.54) is 6.07 Å². The molecule has 3 atom stereocenters. The minimum atomic E-state index is -0.748. The highest BCUT2D eigenvalue weighted by atomic mass is 35.5. The quantitative estimate of drug-likeness (QED) is 0.682. The molecule has 4 heterocycles. The van der Waals surface area contributed by atoms with E-state index in [0.717, 1.165) is 4.90 Å². The van der Waals surface area contributed by atoms with Crippen molar-refractivity contribution in [3.63, 3.8) is 0 Å². The molecule has 0 spiro atoms. The lowest BCUT2D eigenvalue weighted by molar-refractivity contribution is -0.121. The molecule has 0 aliphatic carbocycles. The van der Waals surface area contributed by atoms with E-state index in [1.54, 1.807) is 35.8 Å². The standard InChI is InChI=1S/C20H16ClN5O4/c1-9-5-13(23-30-9)18(27)24-8-12-6-15(24)17-19(28)26(20(29)25(12)17)14-4-3-11(7-22)16(21)10(14)2/h3-5,12,15,17H,6,8H2,1-2H3/t12-,15?,17-/m1/s1. The largest absolute Gasteiger partial charge is 0.361 e. The van der Waals surface area contributed by atoms with Gasteiger partial charge in [0.1, 0.15) is 17.9 Å². The number of aryl methyl sites for hydroxylation is 1. The third kappa shape index (κ3) is 2.34. The van der Waals surface area contributed by atoms with Crippen molar-refractivity contribution in [2.24, 2.45) is 0 Å². The number of nitriles is 1. The molecule has 3 saturated heterocycles. The zero-order chi connectivity index (χ0) is 21.3. The molecule has 2 bridgehead atoms. The number of imide groups is 1. The lowest BCUT2D eigenvalue weighted by Crippen LogP contribution is -2.54. The molecule has 1 aromatic carbocycles. The Bertz CT molecular complexity index is 1170. The second-order valence-electron chi connectivity index (χ2n) is 7.73. The molecule has 1 aromatic heterocycles. The molecule has 5 rings (SSSR count).